The summed E-state index contributed by atoms with van der Waals surface area (Å²) in [5.74, 6) is -0.0389. The van der Waals surface area contributed by atoms with Gasteiger partial charge in [0.05, 0.1) is 26.5 Å². The molecular weight excluding hydrogens is 370 g/mol. The third-order valence-corrected chi connectivity index (χ3v) is 5.51. The Kier molecular flexibility index (Phi) is 4.00. The molecule has 4 nitrogen and oxygen atoms in total. The average Bonchev–Trinajstić information content (AvgIpc) is 2.45. The number of hydrogen-bond donors (Lipinski definition) is 1. The maximum absolute atomic E-state index is 13.6. The molecule has 0 spiro atoms. The fourth-order valence-corrected chi connectivity index (χ4v) is 3.77. The van der Waals surface area contributed by atoms with Crippen LogP contribution in [-0.4, -0.2) is 33.0 Å². The van der Waals surface area contributed by atoms with Gasteiger partial charge in [-0.25, -0.2) is 12.8 Å². The standard InChI is InChI=1S/C11H14FIN2O2S/c12-8-6-11(10(14)7-9(8)13)15-2-1-4-18(16,17)5-3-15/h6-7H,1-5,14H2. The maximum Gasteiger partial charge on any atom is 0.152 e. The Morgan fingerprint density at radius 3 is 2.72 bits per heavy atom. The number of sulfone groups is 1. The fourth-order valence-electron chi connectivity index (χ4n) is 2.00. The van der Waals surface area contributed by atoms with Crippen LogP contribution in [0.1, 0.15) is 6.42 Å². The molecule has 0 saturated carbocycles. The van der Waals surface area contributed by atoms with Crippen LogP contribution in [0.25, 0.3) is 0 Å². The molecule has 0 unspecified atom stereocenters. The molecule has 18 heavy (non-hydrogen) atoms. The molecule has 0 aromatic heterocycles. The van der Waals surface area contributed by atoms with Crippen molar-refractivity contribution in [3.8, 4) is 0 Å². The zero-order valence-electron chi connectivity index (χ0n) is 9.70. The van der Waals surface area contributed by atoms with Crippen LogP contribution in [0, 0.1) is 9.39 Å². The zero-order chi connectivity index (χ0) is 13.3. The lowest BCUT2D eigenvalue weighted by Crippen LogP contribution is -2.27. The lowest BCUT2D eigenvalue weighted by atomic mass is 10.2. The van der Waals surface area contributed by atoms with Gasteiger partial charge in [-0.1, -0.05) is 0 Å². The quantitative estimate of drug-likeness (QED) is 0.591. The van der Waals surface area contributed by atoms with Gasteiger partial charge in [-0.3, -0.25) is 0 Å². The van der Waals surface area contributed by atoms with Crippen molar-refractivity contribution in [1.82, 2.24) is 0 Å². The van der Waals surface area contributed by atoms with E-state index in [0.717, 1.165) is 0 Å². The summed E-state index contributed by atoms with van der Waals surface area (Å²) in [6.45, 7) is 0.954. The van der Waals surface area contributed by atoms with E-state index in [0.29, 0.717) is 34.5 Å². The summed E-state index contributed by atoms with van der Waals surface area (Å²) < 4.78 is 37.1. The topological polar surface area (TPSA) is 63.4 Å². The SMILES string of the molecule is Nc1cc(I)c(F)cc1N1CCCS(=O)(=O)CC1. The molecule has 1 saturated heterocycles. The van der Waals surface area contributed by atoms with Crippen LogP contribution < -0.4 is 10.6 Å². The molecule has 1 aromatic carbocycles. The largest absolute Gasteiger partial charge is 0.397 e. The molecule has 0 bridgehead atoms. The Balaban J connectivity index is 2.29. The van der Waals surface area contributed by atoms with Crippen molar-refractivity contribution >= 4 is 43.8 Å². The molecule has 1 heterocycles. The third-order valence-electron chi connectivity index (χ3n) is 2.97. The van der Waals surface area contributed by atoms with Gasteiger partial charge in [-0.15, -0.1) is 0 Å². The molecule has 2 N–H and O–H groups in total. The number of nitrogen functional groups attached to an aromatic ring is 1. The summed E-state index contributed by atoms with van der Waals surface area (Å²) >= 11 is 1.88. The van der Waals surface area contributed by atoms with Crippen LogP contribution in [0.2, 0.25) is 0 Å². The summed E-state index contributed by atoms with van der Waals surface area (Å²) in [6, 6.07) is 2.96. The van der Waals surface area contributed by atoms with Gasteiger partial charge in [-0.2, -0.15) is 0 Å². The van der Waals surface area contributed by atoms with Crippen LogP contribution in [0.4, 0.5) is 15.8 Å². The molecule has 0 atom stereocenters. The Morgan fingerprint density at radius 1 is 1.28 bits per heavy atom. The van der Waals surface area contributed by atoms with Crippen molar-refractivity contribution in [3.05, 3.63) is 21.5 Å². The summed E-state index contributed by atoms with van der Waals surface area (Å²) in [6.07, 6.45) is 0.551. The first kappa shape index (κ1) is 13.9. The van der Waals surface area contributed by atoms with E-state index in [1.54, 1.807) is 6.07 Å². The minimum atomic E-state index is -2.97. The molecule has 7 heteroatoms. The normalized spacial score (nSPS) is 19.6. The monoisotopic (exact) mass is 384 g/mol. The number of anilines is 2. The van der Waals surface area contributed by atoms with E-state index in [1.807, 2.05) is 27.5 Å². The molecule has 1 fully saturated rings. The van der Waals surface area contributed by atoms with Gasteiger partial charge in [0.15, 0.2) is 9.84 Å². The van der Waals surface area contributed by atoms with Gasteiger partial charge in [0.1, 0.15) is 5.82 Å². The van der Waals surface area contributed by atoms with E-state index in [4.69, 9.17) is 5.73 Å². The molecule has 2 rings (SSSR count). The maximum atomic E-state index is 13.6. The number of nitrogens with zero attached hydrogens (tertiary/aromatic N) is 1. The Hall–Kier alpha value is -0.570. The lowest BCUT2D eigenvalue weighted by Gasteiger charge is -2.24. The number of rotatable bonds is 1. The second-order valence-electron chi connectivity index (χ2n) is 4.32. The predicted octanol–water partition coefficient (Wildman–Crippen LogP) is 1.64. The van der Waals surface area contributed by atoms with E-state index < -0.39 is 9.84 Å². The predicted molar refractivity (Wildman–Crippen MR) is 79.0 cm³/mol. The molecule has 0 radical (unpaired) electrons. The fraction of sp³-hybridized carbons (Fsp3) is 0.455. The summed E-state index contributed by atoms with van der Waals surface area (Å²) in [4.78, 5) is 1.85. The lowest BCUT2D eigenvalue weighted by molar-refractivity contribution is 0.597. The first-order valence-electron chi connectivity index (χ1n) is 5.59. The summed E-state index contributed by atoms with van der Waals surface area (Å²) in [5.41, 5.74) is 6.95. The molecule has 1 aromatic rings. The summed E-state index contributed by atoms with van der Waals surface area (Å²) in [5, 5.41) is 0. The Morgan fingerprint density at radius 2 is 2.00 bits per heavy atom. The van der Waals surface area contributed by atoms with Gasteiger partial charge in [-0.05, 0) is 35.1 Å². The zero-order valence-corrected chi connectivity index (χ0v) is 12.7. The highest BCUT2D eigenvalue weighted by molar-refractivity contribution is 14.1. The number of hydrogen-bond acceptors (Lipinski definition) is 4. The van der Waals surface area contributed by atoms with E-state index in [9.17, 15) is 12.8 Å². The van der Waals surface area contributed by atoms with Crippen molar-refractivity contribution in [2.75, 3.05) is 35.2 Å². The van der Waals surface area contributed by atoms with Crippen molar-refractivity contribution in [1.29, 1.82) is 0 Å². The first-order chi connectivity index (χ1) is 8.39. The molecule has 1 aliphatic heterocycles. The number of benzene rings is 1. The Labute approximate surface area is 119 Å². The summed E-state index contributed by atoms with van der Waals surface area (Å²) in [7, 11) is -2.97. The van der Waals surface area contributed by atoms with Gasteiger partial charge in [0.25, 0.3) is 0 Å². The van der Waals surface area contributed by atoms with E-state index in [1.165, 1.54) is 6.07 Å². The minimum Gasteiger partial charge on any atom is -0.397 e. The van der Waals surface area contributed by atoms with Crippen molar-refractivity contribution in [2.45, 2.75) is 6.42 Å². The molecule has 1 aliphatic rings. The highest BCUT2D eigenvalue weighted by Gasteiger charge is 2.21. The van der Waals surface area contributed by atoms with Gasteiger partial charge in [0.2, 0.25) is 0 Å². The van der Waals surface area contributed by atoms with Gasteiger partial charge < -0.3 is 10.6 Å². The van der Waals surface area contributed by atoms with Gasteiger partial charge in [0, 0.05) is 19.2 Å². The number of nitrogens with two attached hydrogens (primary N) is 1. The second kappa shape index (κ2) is 5.20. The van der Waals surface area contributed by atoms with Crippen LogP contribution in [-0.2, 0) is 9.84 Å². The second-order valence-corrected chi connectivity index (χ2v) is 7.78. The van der Waals surface area contributed by atoms with Crippen LogP contribution >= 0.6 is 22.6 Å². The number of halogens is 2. The van der Waals surface area contributed by atoms with Crippen molar-refractivity contribution in [2.24, 2.45) is 0 Å². The van der Waals surface area contributed by atoms with Crippen molar-refractivity contribution < 1.29 is 12.8 Å². The van der Waals surface area contributed by atoms with Crippen LogP contribution in [0.5, 0.6) is 0 Å². The highest BCUT2D eigenvalue weighted by Crippen LogP contribution is 2.28. The molecular formula is C11H14FIN2O2S. The first-order valence-corrected chi connectivity index (χ1v) is 8.49. The van der Waals surface area contributed by atoms with E-state index in [-0.39, 0.29) is 17.3 Å². The molecule has 0 aliphatic carbocycles. The van der Waals surface area contributed by atoms with Crippen LogP contribution in [0.15, 0.2) is 12.1 Å². The van der Waals surface area contributed by atoms with E-state index in [2.05, 4.69) is 0 Å². The van der Waals surface area contributed by atoms with Crippen molar-refractivity contribution in [3.63, 3.8) is 0 Å². The minimum absolute atomic E-state index is 0.0973. The van der Waals surface area contributed by atoms with E-state index >= 15 is 0 Å². The third kappa shape index (κ3) is 3.05. The molecule has 100 valence electrons. The smallest absolute Gasteiger partial charge is 0.152 e. The molecule has 0 amide bonds. The van der Waals surface area contributed by atoms with Gasteiger partial charge >= 0.3 is 0 Å². The average molecular weight is 384 g/mol. The van der Waals surface area contributed by atoms with Crippen LogP contribution in [0.3, 0.4) is 0 Å². The highest BCUT2D eigenvalue weighted by atomic mass is 127. The Bertz CT molecular complexity index is 562.